The van der Waals surface area contributed by atoms with Gasteiger partial charge in [0.1, 0.15) is 17.2 Å². The third-order valence-electron chi connectivity index (χ3n) is 5.43. The van der Waals surface area contributed by atoms with Crippen molar-refractivity contribution in [1.29, 1.82) is 0 Å². The number of ether oxygens (including phenoxy) is 4. The molecule has 3 aromatic rings. The zero-order valence-corrected chi connectivity index (χ0v) is 19.7. The molecule has 0 radical (unpaired) electrons. The molecular formula is C27H28O5S. The van der Waals surface area contributed by atoms with Crippen LogP contribution in [0.1, 0.15) is 29.7 Å². The maximum absolute atomic E-state index is 11.9. The van der Waals surface area contributed by atoms with Crippen LogP contribution in [0.25, 0.3) is 0 Å². The number of para-hydroxylation sites is 2. The predicted octanol–water partition coefficient (Wildman–Crippen LogP) is 6.22. The highest BCUT2D eigenvalue weighted by molar-refractivity contribution is 7.99. The Labute approximate surface area is 199 Å². The van der Waals surface area contributed by atoms with Gasteiger partial charge in [0, 0.05) is 24.3 Å². The minimum atomic E-state index is -0.603. The smallest absolute Gasteiger partial charge is 0.335 e. The summed E-state index contributed by atoms with van der Waals surface area (Å²) in [4.78, 5) is 13.1. The Hall–Kier alpha value is -2.96. The molecule has 172 valence electrons. The van der Waals surface area contributed by atoms with Crippen LogP contribution in [0, 0.1) is 0 Å². The standard InChI is InChI=1S/C27H28O5S/c1-3-30-27(28)24(29-2)18-19-12-14-20(15-13-19)31-17-16-25-21-8-4-5-9-22(21)32-23-10-6-7-11-26(23)33-25/h4-15,24-25H,3,16-18H2,1-2H3. The number of esters is 1. The first-order valence-electron chi connectivity index (χ1n) is 11.1. The number of hydrogen-bond acceptors (Lipinski definition) is 6. The summed E-state index contributed by atoms with van der Waals surface area (Å²) >= 11 is 1.81. The fourth-order valence-corrected chi connectivity index (χ4v) is 4.96. The van der Waals surface area contributed by atoms with Crippen LogP contribution in [0.3, 0.4) is 0 Å². The van der Waals surface area contributed by atoms with Gasteiger partial charge in [0.15, 0.2) is 6.10 Å². The van der Waals surface area contributed by atoms with Crippen LogP contribution in [-0.2, 0) is 20.7 Å². The van der Waals surface area contributed by atoms with Crippen molar-refractivity contribution in [1.82, 2.24) is 0 Å². The Bertz CT molecular complexity index is 1070. The zero-order valence-electron chi connectivity index (χ0n) is 18.9. The second-order valence-corrected chi connectivity index (χ2v) is 8.90. The van der Waals surface area contributed by atoms with Crippen LogP contribution in [0.5, 0.6) is 17.2 Å². The fraction of sp³-hybridized carbons (Fsp3) is 0.296. The van der Waals surface area contributed by atoms with E-state index in [-0.39, 0.29) is 11.2 Å². The third-order valence-corrected chi connectivity index (χ3v) is 6.80. The Morgan fingerprint density at radius 2 is 1.73 bits per heavy atom. The lowest BCUT2D eigenvalue weighted by Crippen LogP contribution is -2.27. The number of benzene rings is 3. The lowest BCUT2D eigenvalue weighted by molar-refractivity contribution is -0.154. The van der Waals surface area contributed by atoms with Crippen LogP contribution in [0.15, 0.2) is 77.7 Å². The van der Waals surface area contributed by atoms with Gasteiger partial charge in [-0.1, -0.05) is 42.5 Å². The van der Waals surface area contributed by atoms with Crippen LogP contribution < -0.4 is 9.47 Å². The van der Waals surface area contributed by atoms with Crippen LogP contribution in [0.4, 0.5) is 0 Å². The topological polar surface area (TPSA) is 54.0 Å². The fourth-order valence-electron chi connectivity index (χ4n) is 3.74. The minimum Gasteiger partial charge on any atom is -0.494 e. The maximum atomic E-state index is 11.9. The van der Waals surface area contributed by atoms with Crippen molar-refractivity contribution in [2.24, 2.45) is 0 Å². The highest BCUT2D eigenvalue weighted by atomic mass is 32.2. The van der Waals surface area contributed by atoms with Gasteiger partial charge in [0.2, 0.25) is 0 Å². The van der Waals surface area contributed by atoms with Crippen molar-refractivity contribution in [2.45, 2.75) is 36.0 Å². The largest absolute Gasteiger partial charge is 0.494 e. The number of rotatable bonds is 9. The molecule has 1 aliphatic heterocycles. The van der Waals surface area contributed by atoms with E-state index in [1.54, 1.807) is 6.92 Å². The molecule has 0 amide bonds. The van der Waals surface area contributed by atoms with Crippen molar-refractivity contribution >= 4 is 17.7 Å². The predicted molar refractivity (Wildman–Crippen MR) is 129 cm³/mol. The maximum Gasteiger partial charge on any atom is 0.335 e. The second kappa shape index (κ2) is 11.3. The summed E-state index contributed by atoms with van der Waals surface area (Å²) in [5, 5.41) is 0.233. The van der Waals surface area contributed by atoms with E-state index in [0.717, 1.165) is 34.1 Å². The van der Waals surface area contributed by atoms with Gasteiger partial charge in [-0.15, -0.1) is 11.8 Å². The average molecular weight is 465 g/mol. The van der Waals surface area contributed by atoms with Gasteiger partial charge in [0.25, 0.3) is 0 Å². The monoisotopic (exact) mass is 464 g/mol. The lowest BCUT2D eigenvalue weighted by atomic mass is 10.1. The molecule has 2 unspecified atom stereocenters. The summed E-state index contributed by atoms with van der Waals surface area (Å²) in [7, 11) is 1.52. The summed E-state index contributed by atoms with van der Waals surface area (Å²) in [6.07, 6.45) is 0.703. The normalized spacial score (nSPS) is 15.4. The molecule has 6 heteroatoms. The van der Waals surface area contributed by atoms with E-state index in [1.807, 2.05) is 66.4 Å². The van der Waals surface area contributed by atoms with Crippen molar-refractivity contribution in [3.8, 4) is 17.2 Å². The number of carbonyl (C=O) groups excluding carboxylic acids is 1. The van der Waals surface area contributed by atoms with Crippen molar-refractivity contribution in [3.05, 3.63) is 83.9 Å². The van der Waals surface area contributed by atoms with Crippen molar-refractivity contribution in [2.75, 3.05) is 20.3 Å². The first-order valence-corrected chi connectivity index (χ1v) is 12.0. The molecule has 1 aliphatic rings. The molecule has 0 fully saturated rings. The summed E-state index contributed by atoms with van der Waals surface area (Å²) in [5.41, 5.74) is 2.17. The Kier molecular flexibility index (Phi) is 7.92. The minimum absolute atomic E-state index is 0.233. The summed E-state index contributed by atoms with van der Waals surface area (Å²) in [6.45, 7) is 2.71. The average Bonchev–Trinajstić information content (AvgIpc) is 3.00. The highest BCUT2D eigenvalue weighted by Crippen LogP contribution is 2.49. The quantitative estimate of drug-likeness (QED) is 0.351. The molecule has 0 N–H and O–H groups in total. The third kappa shape index (κ3) is 5.89. The van der Waals surface area contributed by atoms with E-state index in [2.05, 4.69) is 18.2 Å². The first kappa shape index (κ1) is 23.2. The highest BCUT2D eigenvalue weighted by Gasteiger charge is 2.24. The molecule has 5 nitrogen and oxygen atoms in total. The van der Waals surface area contributed by atoms with E-state index in [9.17, 15) is 4.79 Å². The van der Waals surface area contributed by atoms with Gasteiger partial charge >= 0.3 is 5.97 Å². The second-order valence-electron chi connectivity index (χ2n) is 7.65. The van der Waals surface area contributed by atoms with E-state index in [4.69, 9.17) is 18.9 Å². The SMILES string of the molecule is CCOC(=O)C(Cc1ccc(OCCC2Sc3ccccc3Oc3ccccc32)cc1)OC. The molecule has 2 atom stereocenters. The molecule has 4 rings (SSSR count). The molecule has 0 spiro atoms. The zero-order chi connectivity index (χ0) is 23.0. The Morgan fingerprint density at radius 3 is 2.48 bits per heavy atom. The van der Waals surface area contributed by atoms with Gasteiger partial charge in [-0.05, 0) is 49.2 Å². The van der Waals surface area contributed by atoms with Gasteiger partial charge in [-0.25, -0.2) is 4.79 Å². The van der Waals surface area contributed by atoms with Gasteiger partial charge in [0.05, 0.1) is 18.1 Å². The molecule has 0 saturated heterocycles. The summed E-state index contributed by atoms with van der Waals surface area (Å²) < 4.78 is 22.6. The molecule has 33 heavy (non-hydrogen) atoms. The number of thioether (sulfide) groups is 1. The lowest BCUT2D eigenvalue weighted by Gasteiger charge is -2.17. The Morgan fingerprint density at radius 1 is 1.00 bits per heavy atom. The Balaban J connectivity index is 1.37. The molecule has 0 bridgehead atoms. The van der Waals surface area contributed by atoms with Gasteiger partial charge in [-0.2, -0.15) is 0 Å². The van der Waals surface area contributed by atoms with E-state index in [0.29, 0.717) is 19.6 Å². The molecule has 3 aromatic carbocycles. The first-order chi connectivity index (χ1) is 16.2. The van der Waals surface area contributed by atoms with Gasteiger partial charge in [-0.3, -0.25) is 0 Å². The van der Waals surface area contributed by atoms with Crippen LogP contribution in [-0.4, -0.2) is 32.4 Å². The van der Waals surface area contributed by atoms with Crippen molar-refractivity contribution < 1.29 is 23.7 Å². The molecule has 0 aliphatic carbocycles. The number of hydrogen-bond donors (Lipinski definition) is 0. The molecular weight excluding hydrogens is 436 g/mol. The van der Waals surface area contributed by atoms with E-state index < -0.39 is 6.10 Å². The summed E-state index contributed by atoms with van der Waals surface area (Å²) in [5.74, 6) is 2.25. The van der Waals surface area contributed by atoms with E-state index in [1.165, 1.54) is 12.7 Å². The molecule has 1 heterocycles. The molecule has 0 aromatic heterocycles. The number of carbonyl (C=O) groups is 1. The number of fused-ring (bicyclic) bond motifs is 2. The van der Waals surface area contributed by atoms with E-state index >= 15 is 0 Å². The van der Waals surface area contributed by atoms with Crippen molar-refractivity contribution in [3.63, 3.8) is 0 Å². The van der Waals surface area contributed by atoms with Gasteiger partial charge < -0.3 is 18.9 Å². The summed E-state index contributed by atoms with van der Waals surface area (Å²) in [6, 6.07) is 24.1. The van der Waals surface area contributed by atoms with Crippen LogP contribution >= 0.6 is 11.8 Å². The van der Waals surface area contributed by atoms with Crippen LogP contribution in [0.2, 0.25) is 0 Å². The number of methoxy groups -OCH3 is 1. The molecule has 0 saturated carbocycles.